The van der Waals surface area contributed by atoms with Crippen molar-refractivity contribution in [3.63, 3.8) is 0 Å². The van der Waals surface area contributed by atoms with E-state index >= 15 is 0 Å². The number of anilines is 2. The van der Waals surface area contributed by atoms with Crippen molar-refractivity contribution < 1.29 is 4.79 Å². The Morgan fingerprint density at radius 1 is 1.23 bits per heavy atom. The van der Waals surface area contributed by atoms with Gasteiger partial charge in [-0.15, -0.1) is 0 Å². The number of benzene rings is 1. The zero-order valence-electron chi connectivity index (χ0n) is 13.1. The fourth-order valence-corrected chi connectivity index (χ4v) is 2.74. The van der Waals surface area contributed by atoms with E-state index in [-0.39, 0.29) is 5.91 Å². The lowest BCUT2D eigenvalue weighted by Gasteiger charge is -2.18. The van der Waals surface area contributed by atoms with Crippen molar-refractivity contribution >= 4 is 33.3 Å². The smallest absolute Gasteiger partial charge is 0.255 e. The molecule has 0 spiro atoms. The summed E-state index contributed by atoms with van der Waals surface area (Å²) in [5.74, 6) is 0.723. The number of carbonyl (C=O) groups excluding carboxylic acids is 1. The number of nitrogens with one attached hydrogen (secondary N) is 1. The third kappa shape index (κ3) is 3.85. The molecule has 1 aromatic heterocycles. The summed E-state index contributed by atoms with van der Waals surface area (Å²) < 4.78 is 0.984. The van der Waals surface area contributed by atoms with E-state index in [1.807, 2.05) is 45.0 Å². The van der Waals surface area contributed by atoms with E-state index in [1.54, 1.807) is 17.2 Å². The molecule has 116 valence electrons. The molecule has 4 nitrogen and oxygen atoms in total. The highest BCUT2D eigenvalue weighted by Gasteiger charge is 2.12. The van der Waals surface area contributed by atoms with Gasteiger partial charge in [-0.05, 0) is 66.5 Å². The Morgan fingerprint density at radius 2 is 1.95 bits per heavy atom. The van der Waals surface area contributed by atoms with Crippen LogP contribution in [0.2, 0.25) is 0 Å². The van der Waals surface area contributed by atoms with Crippen LogP contribution in [0, 0.1) is 6.92 Å². The van der Waals surface area contributed by atoms with E-state index in [9.17, 15) is 4.79 Å². The van der Waals surface area contributed by atoms with Gasteiger partial charge in [0.05, 0.1) is 11.3 Å². The maximum Gasteiger partial charge on any atom is 0.255 e. The minimum Gasteiger partial charge on any atom is -0.339 e. The van der Waals surface area contributed by atoms with Crippen molar-refractivity contribution in [2.45, 2.75) is 20.8 Å². The highest BCUT2D eigenvalue weighted by Crippen LogP contribution is 2.26. The Balaban J connectivity index is 2.13. The molecule has 22 heavy (non-hydrogen) atoms. The fourth-order valence-electron chi connectivity index (χ4n) is 2.15. The highest BCUT2D eigenvalue weighted by molar-refractivity contribution is 9.10. The van der Waals surface area contributed by atoms with Crippen LogP contribution in [0.15, 0.2) is 41.0 Å². The SMILES string of the molecule is CCN(CC)C(=O)c1ccc(Nc2ccc(C)cc2Br)nc1. The predicted molar refractivity (Wildman–Crippen MR) is 93.7 cm³/mol. The molecule has 0 radical (unpaired) electrons. The second-order valence-corrected chi connectivity index (χ2v) is 5.87. The van der Waals surface area contributed by atoms with Crippen LogP contribution in [0.3, 0.4) is 0 Å². The molecule has 2 aromatic rings. The summed E-state index contributed by atoms with van der Waals surface area (Å²) in [6.45, 7) is 7.39. The van der Waals surface area contributed by atoms with Gasteiger partial charge in [0.25, 0.3) is 5.91 Å². The van der Waals surface area contributed by atoms with Crippen molar-refractivity contribution in [1.82, 2.24) is 9.88 Å². The Bertz CT molecular complexity index is 651. The topological polar surface area (TPSA) is 45.2 Å². The standard InChI is InChI=1S/C17H20BrN3O/c1-4-21(5-2)17(22)13-7-9-16(19-11-13)20-15-8-6-12(3)10-14(15)18/h6-11H,4-5H2,1-3H3,(H,19,20). The van der Waals surface area contributed by atoms with Crippen molar-refractivity contribution in [1.29, 1.82) is 0 Å². The predicted octanol–water partition coefficient (Wildman–Crippen LogP) is 4.38. The Hall–Kier alpha value is -1.88. The number of aromatic nitrogens is 1. The molecule has 0 bridgehead atoms. The average Bonchev–Trinajstić information content (AvgIpc) is 2.52. The number of halogens is 1. The Kier molecular flexibility index (Phi) is 5.55. The van der Waals surface area contributed by atoms with Crippen molar-refractivity contribution in [2.24, 2.45) is 0 Å². The van der Waals surface area contributed by atoms with Crippen molar-refractivity contribution in [3.05, 3.63) is 52.1 Å². The van der Waals surface area contributed by atoms with Crippen LogP contribution in [0.4, 0.5) is 11.5 Å². The van der Waals surface area contributed by atoms with Gasteiger partial charge in [0.15, 0.2) is 0 Å². The number of pyridine rings is 1. The van der Waals surface area contributed by atoms with Crippen LogP contribution in [-0.4, -0.2) is 28.9 Å². The summed E-state index contributed by atoms with van der Waals surface area (Å²) >= 11 is 3.53. The molecule has 0 saturated carbocycles. The first-order valence-corrected chi connectivity index (χ1v) is 8.13. The second kappa shape index (κ2) is 7.40. The quantitative estimate of drug-likeness (QED) is 0.859. The maximum atomic E-state index is 12.2. The van der Waals surface area contributed by atoms with E-state index < -0.39 is 0 Å². The van der Waals surface area contributed by atoms with Gasteiger partial charge in [0, 0.05) is 23.8 Å². The van der Waals surface area contributed by atoms with E-state index in [0.29, 0.717) is 24.5 Å². The summed E-state index contributed by atoms with van der Waals surface area (Å²) in [6.07, 6.45) is 1.62. The van der Waals surface area contributed by atoms with E-state index in [2.05, 4.69) is 26.2 Å². The number of aryl methyl sites for hydroxylation is 1. The van der Waals surface area contributed by atoms with Crippen LogP contribution in [0.1, 0.15) is 29.8 Å². The van der Waals surface area contributed by atoms with Crippen LogP contribution in [0.5, 0.6) is 0 Å². The number of hydrogen-bond donors (Lipinski definition) is 1. The molecule has 0 saturated heterocycles. The Labute approximate surface area is 139 Å². The summed E-state index contributed by atoms with van der Waals surface area (Å²) in [7, 11) is 0. The molecule has 0 aliphatic rings. The number of amides is 1. The largest absolute Gasteiger partial charge is 0.339 e. The third-order valence-electron chi connectivity index (χ3n) is 3.45. The molecule has 0 aliphatic heterocycles. The van der Waals surface area contributed by atoms with Crippen LogP contribution in [-0.2, 0) is 0 Å². The van der Waals surface area contributed by atoms with Crippen LogP contribution in [0.25, 0.3) is 0 Å². The molecule has 1 amide bonds. The molecule has 0 unspecified atom stereocenters. The molecule has 0 atom stereocenters. The third-order valence-corrected chi connectivity index (χ3v) is 4.10. The molecule has 2 rings (SSSR count). The number of carbonyl (C=O) groups is 1. The highest BCUT2D eigenvalue weighted by atomic mass is 79.9. The lowest BCUT2D eigenvalue weighted by atomic mass is 10.2. The van der Waals surface area contributed by atoms with E-state index in [1.165, 1.54) is 5.56 Å². The van der Waals surface area contributed by atoms with E-state index in [0.717, 1.165) is 10.2 Å². The minimum absolute atomic E-state index is 0.0144. The van der Waals surface area contributed by atoms with Gasteiger partial charge >= 0.3 is 0 Å². The zero-order valence-corrected chi connectivity index (χ0v) is 14.6. The number of rotatable bonds is 5. The molecule has 1 aromatic carbocycles. The summed E-state index contributed by atoms with van der Waals surface area (Å²) in [5, 5.41) is 3.24. The van der Waals surface area contributed by atoms with Gasteiger partial charge in [-0.1, -0.05) is 6.07 Å². The normalized spacial score (nSPS) is 10.4. The number of nitrogens with zero attached hydrogens (tertiary/aromatic N) is 2. The van der Waals surface area contributed by atoms with Gasteiger partial charge in [-0.2, -0.15) is 0 Å². The van der Waals surface area contributed by atoms with E-state index in [4.69, 9.17) is 0 Å². The first kappa shape index (κ1) is 16.5. The van der Waals surface area contributed by atoms with Crippen LogP contribution >= 0.6 is 15.9 Å². The van der Waals surface area contributed by atoms with Gasteiger partial charge in [0.1, 0.15) is 5.82 Å². The maximum absolute atomic E-state index is 12.2. The molecule has 5 heteroatoms. The molecule has 1 N–H and O–H groups in total. The number of hydrogen-bond acceptors (Lipinski definition) is 3. The van der Waals surface area contributed by atoms with Gasteiger partial charge in [-0.25, -0.2) is 4.98 Å². The van der Waals surface area contributed by atoms with Crippen molar-refractivity contribution in [2.75, 3.05) is 18.4 Å². The molecule has 1 heterocycles. The summed E-state index contributed by atoms with van der Waals surface area (Å²) in [6, 6.07) is 9.70. The fraction of sp³-hybridized carbons (Fsp3) is 0.294. The lowest BCUT2D eigenvalue weighted by Crippen LogP contribution is -2.30. The molecular formula is C17H20BrN3O. The molecule has 0 aliphatic carbocycles. The van der Waals surface area contributed by atoms with Gasteiger partial charge in [0.2, 0.25) is 0 Å². The Morgan fingerprint density at radius 3 is 2.50 bits per heavy atom. The minimum atomic E-state index is 0.0144. The summed E-state index contributed by atoms with van der Waals surface area (Å²) in [4.78, 5) is 18.3. The van der Waals surface area contributed by atoms with Gasteiger partial charge < -0.3 is 10.2 Å². The summed E-state index contributed by atoms with van der Waals surface area (Å²) in [5.41, 5.74) is 2.74. The average molecular weight is 362 g/mol. The van der Waals surface area contributed by atoms with Gasteiger partial charge in [-0.3, -0.25) is 4.79 Å². The van der Waals surface area contributed by atoms with Crippen molar-refractivity contribution in [3.8, 4) is 0 Å². The first-order valence-electron chi connectivity index (χ1n) is 7.33. The van der Waals surface area contributed by atoms with Crippen LogP contribution < -0.4 is 5.32 Å². The lowest BCUT2D eigenvalue weighted by molar-refractivity contribution is 0.0772. The monoisotopic (exact) mass is 361 g/mol. The molecule has 0 fully saturated rings. The first-order chi connectivity index (χ1) is 10.5. The second-order valence-electron chi connectivity index (χ2n) is 5.02. The molecular weight excluding hydrogens is 342 g/mol. The zero-order chi connectivity index (χ0) is 16.1.